The quantitative estimate of drug-likeness (QED) is 0.703. The van der Waals surface area contributed by atoms with Gasteiger partial charge < -0.3 is 10.6 Å². The van der Waals surface area contributed by atoms with Gasteiger partial charge in [-0.2, -0.15) is 0 Å². The van der Waals surface area contributed by atoms with Gasteiger partial charge in [0, 0.05) is 25.8 Å². The van der Waals surface area contributed by atoms with Gasteiger partial charge in [0.15, 0.2) is 0 Å². The Morgan fingerprint density at radius 2 is 2.31 bits per heavy atom. The molecule has 0 bridgehead atoms. The summed E-state index contributed by atoms with van der Waals surface area (Å²) in [5.74, 6) is 0. The van der Waals surface area contributed by atoms with E-state index in [1.165, 1.54) is 36.2 Å². The molecule has 13 heavy (non-hydrogen) atoms. The molecule has 0 spiro atoms. The van der Waals surface area contributed by atoms with E-state index in [2.05, 4.69) is 30.1 Å². The second-order valence-electron chi connectivity index (χ2n) is 3.64. The molecule has 2 heteroatoms. The fourth-order valence-electron chi connectivity index (χ4n) is 2.07. The number of anilines is 1. The van der Waals surface area contributed by atoms with Gasteiger partial charge in [-0.15, -0.1) is 0 Å². The van der Waals surface area contributed by atoms with E-state index in [9.17, 15) is 0 Å². The third-order valence-corrected chi connectivity index (χ3v) is 2.80. The molecule has 0 atom stereocenters. The van der Waals surface area contributed by atoms with Crippen LogP contribution in [-0.4, -0.2) is 13.6 Å². The van der Waals surface area contributed by atoms with Gasteiger partial charge in [0.2, 0.25) is 0 Å². The van der Waals surface area contributed by atoms with E-state index >= 15 is 0 Å². The van der Waals surface area contributed by atoms with Crippen LogP contribution in [0.2, 0.25) is 0 Å². The van der Waals surface area contributed by atoms with Crippen LogP contribution in [-0.2, 0) is 13.0 Å². The first kappa shape index (κ1) is 8.57. The maximum absolute atomic E-state index is 5.70. The van der Waals surface area contributed by atoms with Crippen LogP contribution in [0.3, 0.4) is 0 Å². The molecule has 0 aromatic heterocycles. The molecule has 0 radical (unpaired) electrons. The molecule has 0 unspecified atom stereocenters. The molecule has 1 aliphatic heterocycles. The number of fused-ring (bicyclic) bond motifs is 1. The third kappa shape index (κ3) is 1.42. The monoisotopic (exact) mass is 176 g/mol. The Balaban J connectivity index is 2.48. The van der Waals surface area contributed by atoms with Crippen molar-refractivity contribution in [2.75, 3.05) is 18.5 Å². The fraction of sp³-hybridized carbons (Fsp3) is 0.455. The third-order valence-electron chi connectivity index (χ3n) is 2.80. The van der Waals surface area contributed by atoms with E-state index < -0.39 is 0 Å². The highest BCUT2D eigenvalue weighted by molar-refractivity contribution is 5.57. The molecule has 1 aliphatic rings. The number of rotatable bonds is 1. The maximum atomic E-state index is 5.70. The minimum Gasteiger partial charge on any atom is -0.374 e. The lowest BCUT2D eigenvalue weighted by atomic mass is 9.97. The number of hydrogen-bond donors (Lipinski definition) is 1. The fourth-order valence-corrected chi connectivity index (χ4v) is 2.07. The normalized spacial score (nSPS) is 15.7. The Morgan fingerprint density at radius 3 is 3.08 bits per heavy atom. The van der Waals surface area contributed by atoms with Crippen molar-refractivity contribution in [2.24, 2.45) is 5.73 Å². The molecule has 0 amide bonds. The van der Waals surface area contributed by atoms with E-state index in [0.717, 1.165) is 0 Å². The van der Waals surface area contributed by atoms with Gasteiger partial charge in [-0.3, -0.25) is 0 Å². The smallest absolute Gasteiger partial charge is 0.0399 e. The van der Waals surface area contributed by atoms with Gasteiger partial charge in [-0.1, -0.05) is 12.1 Å². The molecule has 0 fully saturated rings. The van der Waals surface area contributed by atoms with Crippen molar-refractivity contribution in [3.05, 3.63) is 29.3 Å². The van der Waals surface area contributed by atoms with Gasteiger partial charge >= 0.3 is 0 Å². The summed E-state index contributed by atoms with van der Waals surface area (Å²) in [7, 11) is 2.15. The predicted molar refractivity (Wildman–Crippen MR) is 55.9 cm³/mol. The molecule has 1 aromatic rings. The van der Waals surface area contributed by atoms with E-state index in [1.54, 1.807) is 0 Å². The topological polar surface area (TPSA) is 29.3 Å². The minimum absolute atomic E-state index is 0.664. The van der Waals surface area contributed by atoms with E-state index in [1.807, 2.05) is 0 Å². The lowest BCUT2D eigenvalue weighted by Crippen LogP contribution is -2.25. The van der Waals surface area contributed by atoms with Gasteiger partial charge in [-0.25, -0.2) is 0 Å². The predicted octanol–water partition coefficient (Wildman–Crippen LogP) is 1.53. The Labute approximate surface area is 79.4 Å². The van der Waals surface area contributed by atoms with E-state index in [4.69, 9.17) is 5.73 Å². The van der Waals surface area contributed by atoms with Gasteiger partial charge in [0.1, 0.15) is 0 Å². The minimum atomic E-state index is 0.664. The van der Waals surface area contributed by atoms with Crippen molar-refractivity contribution in [3.63, 3.8) is 0 Å². The highest BCUT2D eigenvalue weighted by atomic mass is 15.1. The molecule has 2 nitrogen and oxygen atoms in total. The zero-order valence-corrected chi connectivity index (χ0v) is 8.09. The van der Waals surface area contributed by atoms with Crippen LogP contribution in [0.25, 0.3) is 0 Å². The van der Waals surface area contributed by atoms with Crippen molar-refractivity contribution < 1.29 is 0 Å². The average Bonchev–Trinajstić information content (AvgIpc) is 2.18. The van der Waals surface area contributed by atoms with Crippen LogP contribution in [0.15, 0.2) is 18.2 Å². The molecule has 0 aliphatic carbocycles. The van der Waals surface area contributed by atoms with Crippen molar-refractivity contribution in [2.45, 2.75) is 19.4 Å². The molecule has 2 rings (SSSR count). The van der Waals surface area contributed by atoms with Crippen molar-refractivity contribution in [1.29, 1.82) is 0 Å². The van der Waals surface area contributed by atoms with Crippen molar-refractivity contribution in [1.82, 2.24) is 0 Å². The Hall–Kier alpha value is -1.02. The van der Waals surface area contributed by atoms with Crippen LogP contribution in [0.5, 0.6) is 0 Å². The number of hydrogen-bond acceptors (Lipinski definition) is 2. The molecular formula is C11H16N2. The first-order valence-electron chi connectivity index (χ1n) is 4.85. The van der Waals surface area contributed by atoms with E-state index in [0.29, 0.717) is 6.54 Å². The maximum Gasteiger partial charge on any atom is 0.0399 e. The molecule has 70 valence electrons. The van der Waals surface area contributed by atoms with E-state index in [-0.39, 0.29) is 0 Å². The molecular weight excluding hydrogens is 160 g/mol. The van der Waals surface area contributed by atoms with Crippen molar-refractivity contribution in [3.8, 4) is 0 Å². The first-order chi connectivity index (χ1) is 6.33. The summed E-state index contributed by atoms with van der Waals surface area (Å²) >= 11 is 0. The molecule has 0 saturated carbocycles. The van der Waals surface area contributed by atoms with Gasteiger partial charge in [0.25, 0.3) is 0 Å². The standard InChI is InChI=1S/C11H16N2/c1-13-7-3-5-10-9(8-12)4-2-6-11(10)13/h2,4,6H,3,5,7-8,12H2,1H3. The number of benzene rings is 1. The molecule has 1 aromatic carbocycles. The van der Waals surface area contributed by atoms with Crippen LogP contribution >= 0.6 is 0 Å². The number of nitrogens with two attached hydrogens (primary N) is 1. The van der Waals surface area contributed by atoms with Crippen LogP contribution in [0.4, 0.5) is 5.69 Å². The number of nitrogens with zero attached hydrogens (tertiary/aromatic N) is 1. The highest BCUT2D eigenvalue weighted by Gasteiger charge is 2.15. The average molecular weight is 176 g/mol. The largest absolute Gasteiger partial charge is 0.374 e. The summed E-state index contributed by atoms with van der Waals surface area (Å²) < 4.78 is 0. The second kappa shape index (κ2) is 3.38. The zero-order valence-electron chi connectivity index (χ0n) is 8.09. The van der Waals surface area contributed by atoms with Crippen LogP contribution < -0.4 is 10.6 Å². The summed E-state index contributed by atoms with van der Waals surface area (Å²) in [6.45, 7) is 1.83. The van der Waals surface area contributed by atoms with Crippen molar-refractivity contribution >= 4 is 5.69 Å². The van der Waals surface area contributed by atoms with Gasteiger partial charge in [-0.05, 0) is 30.0 Å². The Bertz CT molecular complexity index is 307. The summed E-state index contributed by atoms with van der Waals surface area (Å²) in [4.78, 5) is 2.32. The SMILES string of the molecule is CN1CCCc2c(CN)cccc21. The lowest BCUT2D eigenvalue weighted by molar-refractivity contribution is 0.735. The van der Waals surface area contributed by atoms with Crippen LogP contribution in [0.1, 0.15) is 17.5 Å². The molecule has 2 N–H and O–H groups in total. The Morgan fingerprint density at radius 1 is 1.46 bits per heavy atom. The summed E-state index contributed by atoms with van der Waals surface area (Å²) in [5, 5.41) is 0. The lowest BCUT2D eigenvalue weighted by Gasteiger charge is -2.28. The molecule has 0 saturated heterocycles. The zero-order chi connectivity index (χ0) is 9.26. The van der Waals surface area contributed by atoms with Crippen LogP contribution in [0, 0.1) is 0 Å². The molecule has 1 heterocycles. The second-order valence-corrected chi connectivity index (χ2v) is 3.64. The summed E-state index contributed by atoms with van der Waals surface area (Å²) in [5.41, 5.74) is 9.84. The highest BCUT2D eigenvalue weighted by Crippen LogP contribution is 2.28. The summed E-state index contributed by atoms with van der Waals surface area (Å²) in [6, 6.07) is 6.43. The van der Waals surface area contributed by atoms with Gasteiger partial charge in [0.05, 0.1) is 0 Å². The summed E-state index contributed by atoms with van der Waals surface area (Å²) in [6.07, 6.45) is 2.44. The first-order valence-corrected chi connectivity index (χ1v) is 4.85. The Kier molecular flexibility index (Phi) is 2.23.